The van der Waals surface area contributed by atoms with Gasteiger partial charge in [0.15, 0.2) is 0 Å². The summed E-state index contributed by atoms with van der Waals surface area (Å²) >= 11 is 0. The number of allylic oxidation sites excluding steroid dienone is 4. The molecule has 0 aromatic heterocycles. The molecule has 1 saturated carbocycles. The number of hydrogen-bond donors (Lipinski definition) is 0. The molecule has 0 heterocycles. The van der Waals surface area contributed by atoms with Gasteiger partial charge in [-0.15, -0.1) is 0 Å². The molecule has 18 heavy (non-hydrogen) atoms. The van der Waals surface area contributed by atoms with Gasteiger partial charge in [0, 0.05) is 0 Å². The molecule has 0 aromatic carbocycles. The zero-order valence-corrected chi connectivity index (χ0v) is 12.3. The summed E-state index contributed by atoms with van der Waals surface area (Å²) in [5, 5.41) is 0. The molecular weight excluding hydrogens is 216 g/mol. The van der Waals surface area contributed by atoms with E-state index >= 15 is 0 Å². The topological polar surface area (TPSA) is 0 Å². The van der Waals surface area contributed by atoms with Crippen molar-refractivity contribution in [1.82, 2.24) is 0 Å². The minimum absolute atomic E-state index is 0.845. The van der Waals surface area contributed by atoms with E-state index in [9.17, 15) is 0 Å². The van der Waals surface area contributed by atoms with Gasteiger partial charge in [0.05, 0.1) is 0 Å². The van der Waals surface area contributed by atoms with Crippen LogP contribution in [0.3, 0.4) is 0 Å². The third-order valence-corrected chi connectivity index (χ3v) is 5.77. The highest BCUT2D eigenvalue weighted by Crippen LogP contribution is 2.47. The average molecular weight is 244 g/mol. The smallest absolute Gasteiger partial charge is 0.0137 e. The van der Waals surface area contributed by atoms with Crippen LogP contribution < -0.4 is 0 Å². The maximum absolute atomic E-state index is 2.63. The van der Waals surface area contributed by atoms with Gasteiger partial charge in [-0.05, 0) is 74.2 Å². The minimum Gasteiger partial charge on any atom is -0.0660 e. The predicted molar refractivity (Wildman–Crippen MR) is 78.4 cm³/mol. The van der Waals surface area contributed by atoms with Crippen molar-refractivity contribution in [2.24, 2.45) is 23.7 Å². The second kappa shape index (κ2) is 4.87. The molecule has 1 fully saturated rings. The molecule has 4 atom stereocenters. The van der Waals surface area contributed by atoms with Gasteiger partial charge in [0.2, 0.25) is 0 Å². The lowest BCUT2D eigenvalue weighted by Crippen LogP contribution is -2.26. The summed E-state index contributed by atoms with van der Waals surface area (Å²) in [6.07, 6.45) is 12.5. The van der Waals surface area contributed by atoms with Crippen LogP contribution in [-0.2, 0) is 0 Å². The van der Waals surface area contributed by atoms with Gasteiger partial charge in [-0.25, -0.2) is 0 Å². The molecule has 100 valence electrons. The van der Waals surface area contributed by atoms with Crippen LogP contribution in [0.1, 0.15) is 65.7 Å². The van der Waals surface area contributed by atoms with Crippen LogP contribution in [0.5, 0.6) is 0 Å². The van der Waals surface area contributed by atoms with E-state index < -0.39 is 0 Å². The van der Waals surface area contributed by atoms with Crippen molar-refractivity contribution in [3.05, 3.63) is 22.8 Å². The van der Waals surface area contributed by atoms with Crippen molar-refractivity contribution in [3.63, 3.8) is 0 Å². The SMILES string of the molecule is CC1CCC2=C(CC1)C(C)C1CCC(C)CC1=C2. The molecule has 0 N–H and O–H groups in total. The molecule has 3 aliphatic carbocycles. The van der Waals surface area contributed by atoms with Gasteiger partial charge < -0.3 is 0 Å². The molecule has 4 unspecified atom stereocenters. The number of fused-ring (bicyclic) bond motifs is 1. The minimum atomic E-state index is 0.845. The Morgan fingerprint density at radius 2 is 1.67 bits per heavy atom. The highest BCUT2D eigenvalue weighted by molar-refractivity contribution is 5.38. The lowest BCUT2D eigenvalue weighted by atomic mass is 9.66. The van der Waals surface area contributed by atoms with Gasteiger partial charge in [-0.1, -0.05) is 38.0 Å². The van der Waals surface area contributed by atoms with Crippen molar-refractivity contribution >= 4 is 0 Å². The van der Waals surface area contributed by atoms with E-state index in [4.69, 9.17) is 0 Å². The van der Waals surface area contributed by atoms with E-state index in [1.54, 1.807) is 11.1 Å². The maximum Gasteiger partial charge on any atom is -0.0137 e. The van der Waals surface area contributed by atoms with Crippen LogP contribution in [0.4, 0.5) is 0 Å². The molecule has 0 aromatic rings. The van der Waals surface area contributed by atoms with E-state index in [1.165, 1.54) is 44.9 Å². The fourth-order valence-electron chi connectivity index (χ4n) is 4.46. The van der Waals surface area contributed by atoms with Gasteiger partial charge >= 0.3 is 0 Å². The Kier molecular flexibility index (Phi) is 3.38. The summed E-state index contributed by atoms with van der Waals surface area (Å²) in [4.78, 5) is 0. The maximum atomic E-state index is 2.63. The molecule has 0 saturated heterocycles. The van der Waals surface area contributed by atoms with E-state index in [-0.39, 0.29) is 0 Å². The summed E-state index contributed by atoms with van der Waals surface area (Å²) in [6, 6.07) is 0. The predicted octanol–water partition coefficient (Wildman–Crippen LogP) is 5.51. The molecule has 0 heteroatoms. The standard InChI is InChI=1S/C18H28/c1-12-4-7-15-11-16-10-13(2)6-9-18(16)14(3)17(15)8-5-12/h11-14,18H,4-10H2,1-3H3. The second-order valence-corrected chi connectivity index (χ2v) is 7.23. The fraction of sp³-hybridized carbons (Fsp3) is 0.778. The molecule has 0 amide bonds. The quantitative estimate of drug-likeness (QED) is 0.527. The van der Waals surface area contributed by atoms with Crippen LogP contribution in [-0.4, -0.2) is 0 Å². The van der Waals surface area contributed by atoms with Crippen molar-refractivity contribution in [2.45, 2.75) is 65.7 Å². The first-order chi connectivity index (χ1) is 8.65. The molecule has 0 bridgehead atoms. The second-order valence-electron chi connectivity index (χ2n) is 7.23. The lowest BCUT2D eigenvalue weighted by Gasteiger charge is -2.39. The third-order valence-electron chi connectivity index (χ3n) is 5.77. The van der Waals surface area contributed by atoms with Crippen LogP contribution in [0.2, 0.25) is 0 Å². The summed E-state index contributed by atoms with van der Waals surface area (Å²) in [7, 11) is 0. The monoisotopic (exact) mass is 244 g/mol. The van der Waals surface area contributed by atoms with Crippen molar-refractivity contribution in [1.29, 1.82) is 0 Å². The van der Waals surface area contributed by atoms with Crippen LogP contribution >= 0.6 is 0 Å². The first-order valence-corrected chi connectivity index (χ1v) is 8.07. The molecule has 0 aliphatic heterocycles. The zero-order chi connectivity index (χ0) is 12.7. The zero-order valence-electron chi connectivity index (χ0n) is 12.3. The van der Waals surface area contributed by atoms with Crippen LogP contribution in [0.15, 0.2) is 22.8 Å². The van der Waals surface area contributed by atoms with Gasteiger partial charge in [-0.2, -0.15) is 0 Å². The molecule has 3 rings (SSSR count). The highest BCUT2D eigenvalue weighted by Gasteiger charge is 2.34. The Morgan fingerprint density at radius 1 is 0.889 bits per heavy atom. The van der Waals surface area contributed by atoms with Crippen molar-refractivity contribution in [3.8, 4) is 0 Å². The summed E-state index contributed by atoms with van der Waals surface area (Å²) in [5.74, 6) is 3.60. The van der Waals surface area contributed by atoms with E-state index in [1.807, 2.05) is 5.57 Å². The Balaban J connectivity index is 1.89. The number of hydrogen-bond acceptors (Lipinski definition) is 0. The third kappa shape index (κ3) is 2.19. The van der Waals surface area contributed by atoms with Crippen LogP contribution in [0.25, 0.3) is 0 Å². The molecule has 0 radical (unpaired) electrons. The summed E-state index contributed by atoms with van der Waals surface area (Å²) in [6.45, 7) is 7.38. The normalized spacial score (nSPS) is 40.7. The van der Waals surface area contributed by atoms with E-state index in [0.717, 1.165) is 23.7 Å². The first kappa shape index (κ1) is 12.5. The molecule has 0 nitrogen and oxygen atoms in total. The van der Waals surface area contributed by atoms with Gasteiger partial charge in [0.1, 0.15) is 0 Å². The largest absolute Gasteiger partial charge is 0.0660 e. The van der Waals surface area contributed by atoms with Crippen molar-refractivity contribution < 1.29 is 0 Å². The Hall–Kier alpha value is -0.520. The Labute approximate surface area is 113 Å². The van der Waals surface area contributed by atoms with E-state index in [0.29, 0.717) is 0 Å². The van der Waals surface area contributed by atoms with Crippen LogP contribution in [0, 0.1) is 23.7 Å². The molecular formula is C18H28. The van der Waals surface area contributed by atoms with Gasteiger partial charge in [0.25, 0.3) is 0 Å². The number of rotatable bonds is 0. The van der Waals surface area contributed by atoms with Gasteiger partial charge in [-0.3, -0.25) is 0 Å². The summed E-state index contributed by atoms with van der Waals surface area (Å²) in [5.41, 5.74) is 5.38. The Bertz CT molecular complexity index is 385. The molecule has 0 spiro atoms. The lowest BCUT2D eigenvalue weighted by molar-refractivity contribution is 0.307. The fourth-order valence-corrected chi connectivity index (χ4v) is 4.46. The summed E-state index contributed by atoms with van der Waals surface area (Å²) < 4.78 is 0. The molecule has 3 aliphatic rings. The first-order valence-electron chi connectivity index (χ1n) is 8.07. The Morgan fingerprint density at radius 3 is 2.50 bits per heavy atom. The average Bonchev–Trinajstić information content (AvgIpc) is 2.52. The highest BCUT2D eigenvalue weighted by atomic mass is 14.4. The van der Waals surface area contributed by atoms with Crippen molar-refractivity contribution in [2.75, 3.05) is 0 Å². The van der Waals surface area contributed by atoms with E-state index in [2.05, 4.69) is 26.8 Å².